The highest BCUT2D eigenvalue weighted by molar-refractivity contribution is 4.93. The van der Waals surface area contributed by atoms with Crippen LogP contribution >= 0.6 is 0 Å². The molecular formula is C9H18N2. The quantitative estimate of drug-likeness (QED) is 0.569. The minimum atomic E-state index is 0.521. The van der Waals surface area contributed by atoms with Crippen LogP contribution in [-0.4, -0.2) is 24.1 Å². The topological polar surface area (TPSA) is 15.3 Å². The monoisotopic (exact) mass is 154 g/mol. The summed E-state index contributed by atoms with van der Waals surface area (Å²) in [6.07, 6.45) is 8.48. The molecule has 2 aliphatic rings. The molecule has 0 atom stereocenters. The van der Waals surface area contributed by atoms with Gasteiger partial charge in [-0.3, -0.25) is 0 Å². The van der Waals surface area contributed by atoms with E-state index in [-0.39, 0.29) is 0 Å². The van der Waals surface area contributed by atoms with Crippen LogP contribution in [0.5, 0.6) is 0 Å². The van der Waals surface area contributed by atoms with Crippen molar-refractivity contribution in [1.82, 2.24) is 10.4 Å². The van der Waals surface area contributed by atoms with Crippen molar-refractivity contribution in [1.29, 1.82) is 0 Å². The largest absolute Gasteiger partial charge is 0.249 e. The summed E-state index contributed by atoms with van der Waals surface area (Å²) < 4.78 is 0. The number of hydrazine groups is 1. The first-order chi connectivity index (χ1) is 5.31. The number of hydrogen-bond donors (Lipinski definition) is 1. The summed E-state index contributed by atoms with van der Waals surface area (Å²) in [5, 5.41) is 2.26. The van der Waals surface area contributed by atoms with Crippen molar-refractivity contribution in [2.75, 3.05) is 13.6 Å². The summed E-state index contributed by atoms with van der Waals surface area (Å²) >= 11 is 0. The van der Waals surface area contributed by atoms with Crippen LogP contribution < -0.4 is 5.43 Å². The average Bonchev–Trinajstić information content (AvgIpc) is 2.34. The minimum absolute atomic E-state index is 0.521. The van der Waals surface area contributed by atoms with Gasteiger partial charge in [-0.1, -0.05) is 19.3 Å². The fourth-order valence-electron chi connectivity index (χ4n) is 2.49. The normalized spacial score (nSPS) is 31.4. The molecular weight excluding hydrogens is 136 g/mol. The summed E-state index contributed by atoms with van der Waals surface area (Å²) in [6, 6.07) is 0. The van der Waals surface area contributed by atoms with Gasteiger partial charge in [0.2, 0.25) is 0 Å². The van der Waals surface area contributed by atoms with Gasteiger partial charge in [-0.05, 0) is 19.3 Å². The zero-order valence-corrected chi connectivity index (χ0v) is 7.40. The zero-order valence-electron chi connectivity index (χ0n) is 7.40. The molecule has 0 unspecified atom stereocenters. The van der Waals surface area contributed by atoms with Gasteiger partial charge in [-0.2, -0.15) is 0 Å². The Hall–Kier alpha value is -0.0800. The Kier molecular flexibility index (Phi) is 1.90. The molecule has 11 heavy (non-hydrogen) atoms. The van der Waals surface area contributed by atoms with E-state index in [1.165, 1.54) is 45.1 Å². The fraction of sp³-hybridized carbons (Fsp3) is 1.00. The van der Waals surface area contributed by atoms with E-state index in [0.717, 1.165) is 0 Å². The lowest BCUT2D eigenvalue weighted by Crippen LogP contribution is -2.45. The summed E-state index contributed by atoms with van der Waals surface area (Å²) in [6.45, 7) is 1.24. The molecule has 1 N–H and O–H groups in total. The molecule has 0 aromatic heterocycles. The van der Waals surface area contributed by atoms with Gasteiger partial charge in [0.1, 0.15) is 0 Å². The molecule has 1 spiro atoms. The molecule has 2 fully saturated rings. The molecule has 0 radical (unpaired) electrons. The van der Waals surface area contributed by atoms with E-state index in [9.17, 15) is 0 Å². The summed E-state index contributed by atoms with van der Waals surface area (Å²) in [5.74, 6) is 0. The smallest absolute Gasteiger partial charge is 0.0338 e. The maximum atomic E-state index is 3.60. The molecule has 1 saturated carbocycles. The van der Waals surface area contributed by atoms with Gasteiger partial charge in [0.15, 0.2) is 0 Å². The van der Waals surface area contributed by atoms with Gasteiger partial charge in [0.05, 0.1) is 0 Å². The third-order valence-electron chi connectivity index (χ3n) is 3.16. The Bertz CT molecular complexity index is 133. The van der Waals surface area contributed by atoms with Gasteiger partial charge < -0.3 is 0 Å². The second-order valence-corrected chi connectivity index (χ2v) is 4.12. The van der Waals surface area contributed by atoms with Crippen molar-refractivity contribution < 1.29 is 0 Å². The van der Waals surface area contributed by atoms with E-state index in [1.54, 1.807) is 0 Å². The predicted molar refractivity (Wildman–Crippen MR) is 46.2 cm³/mol. The third-order valence-corrected chi connectivity index (χ3v) is 3.16. The molecule has 1 heterocycles. The highest BCUT2D eigenvalue weighted by Crippen LogP contribution is 2.33. The molecule has 64 valence electrons. The van der Waals surface area contributed by atoms with Gasteiger partial charge in [0, 0.05) is 19.1 Å². The lowest BCUT2D eigenvalue weighted by molar-refractivity contribution is 0.184. The maximum Gasteiger partial charge on any atom is 0.0338 e. The lowest BCUT2D eigenvalue weighted by atomic mass is 9.81. The van der Waals surface area contributed by atoms with Gasteiger partial charge in [-0.25, -0.2) is 10.4 Å². The fourth-order valence-corrected chi connectivity index (χ4v) is 2.49. The lowest BCUT2D eigenvalue weighted by Gasteiger charge is -2.33. The molecule has 1 aliphatic carbocycles. The first kappa shape index (κ1) is 7.56. The van der Waals surface area contributed by atoms with Crippen LogP contribution in [0.4, 0.5) is 0 Å². The predicted octanol–water partition coefficient (Wildman–Crippen LogP) is 1.53. The van der Waals surface area contributed by atoms with Crippen molar-refractivity contribution in [3.8, 4) is 0 Å². The van der Waals surface area contributed by atoms with E-state index in [2.05, 4.69) is 17.5 Å². The van der Waals surface area contributed by atoms with Crippen LogP contribution in [0.2, 0.25) is 0 Å². The molecule has 0 aromatic rings. The molecule has 0 aromatic carbocycles. The first-order valence-electron chi connectivity index (χ1n) is 4.80. The molecule has 0 bridgehead atoms. The Labute approximate surface area is 68.9 Å². The van der Waals surface area contributed by atoms with Crippen molar-refractivity contribution in [3.63, 3.8) is 0 Å². The first-order valence-corrected chi connectivity index (χ1v) is 4.80. The number of hydrogen-bond acceptors (Lipinski definition) is 2. The van der Waals surface area contributed by atoms with E-state index in [4.69, 9.17) is 0 Å². The summed E-state index contributed by atoms with van der Waals surface area (Å²) in [4.78, 5) is 0. The van der Waals surface area contributed by atoms with Crippen LogP contribution in [0.25, 0.3) is 0 Å². The number of rotatable bonds is 0. The molecule has 1 aliphatic heterocycles. The molecule has 0 amide bonds. The van der Waals surface area contributed by atoms with Crippen LogP contribution in [0.15, 0.2) is 0 Å². The van der Waals surface area contributed by atoms with Crippen molar-refractivity contribution >= 4 is 0 Å². The molecule has 2 nitrogen and oxygen atoms in total. The second-order valence-electron chi connectivity index (χ2n) is 4.12. The van der Waals surface area contributed by atoms with Crippen molar-refractivity contribution in [2.24, 2.45) is 0 Å². The Morgan fingerprint density at radius 3 is 2.36 bits per heavy atom. The van der Waals surface area contributed by atoms with E-state index < -0.39 is 0 Å². The van der Waals surface area contributed by atoms with Crippen LogP contribution in [-0.2, 0) is 0 Å². The van der Waals surface area contributed by atoms with Crippen molar-refractivity contribution in [2.45, 2.75) is 44.1 Å². The highest BCUT2D eigenvalue weighted by Gasteiger charge is 2.36. The highest BCUT2D eigenvalue weighted by atomic mass is 15.5. The Morgan fingerprint density at radius 2 is 1.82 bits per heavy atom. The van der Waals surface area contributed by atoms with E-state index >= 15 is 0 Å². The third kappa shape index (κ3) is 1.42. The zero-order chi connectivity index (χ0) is 7.73. The minimum Gasteiger partial charge on any atom is -0.249 e. The Balaban J connectivity index is 1.98. The Morgan fingerprint density at radius 1 is 1.09 bits per heavy atom. The standard InChI is InChI=1S/C9H18N2/c1-11-8-7-9(10-11)5-3-2-4-6-9/h10H,2-8H2,1H3. The van der Waals surface area contributed by atoms with Crippen LogP contribution in [0.3, 0.4) is 0 Å². The van der Waals surface area contributed by atoms with Gasteiger partial charge >= 0.3 is 0 Å². The van der Waals surface area contributed by atoms with E-state index in [0.29, 0.717) is 5.54 Å². The average molecular weight is 154 g/mol. The van der Waals surface area contributed by atoms with Crippen molar-refractivity contribution in [3.05, 3.63) is 0 Å². The summed E-state index contributed by atoms with van der Waals surface area (Å²) in [5.41, 5.74) is 4.12. The SMILES string of the molecule is CN1CCC2(CCCCC2)N1. The second kappa shape index (κ2) is 2.76. The molecule has 2 rings (SSSR count). The van der Waals surface area contributed by atoms with E-state index in [1.807, 2.05) is 0 Å². The van der Waals surface area contributed by atoms with Gasteiger partial charge in [0.25, 0.3) is 0 Å². The molecule has 1 saturated heterocycles. The van der Waals surface area contributed by atoms with Crippen LogP contribution in [0, 0.1) is 0 Å². The number of nitrogens with one attached hydrogen (secondary N) is 1. The van der Waals surface area contributed by atoms with Crippen LogP contribution in [0.1, 0.15) is 38.5 Å². The van der Waals surface area contributed by atoms with Gasteiger partial charge in [-0.15, -0.1) is 0 Å². The number of nitrogens with zero attached hydrogens (tertiary/aromatic N) is 1. The maximum absolute atomic E-state index is 3.60. The molecule has 2 heteroatoms. The summed E-state index contributed by atoms with van der Waals surface area (Å²) in [7, 11) is 2.16.